The topological polar surface area (TPSA) is 21.3 Å². The number of ether oxygens (including phenoxy) is 1. The molecule has 1 rings (SSSR count). The van der Waals surface area contributed by atoms with Crippen LogP contribution < -0.4 is 10.1 Å². The van der Waals surface area contributed by atoms with Crippen LogP contribution in [0.15, 0.2) is 24.3 Å². The smallest absolute Gasteiger partial charge is 0.142 e. The molecule has 0 heterocycles. The molecule has 0 bridgehead atoms. The van der Waals surface area contributed by atoms with Gasteiger partial charge in [-0.2, -0.15) is 0 Å². The third kappa shape index (κ3) is 3.44. The summed E-state index contributed by atoms with van der Waals surface area (Å²) in [6, 6.07) is 8.59. The molecule has 0 aliphatic heterocycles. The quantitative estimate of drug-likeness (QED) is 0.785. The molecule has 0 amide bonds. The zero-order valence-corrected chi connectivity index (χ0v) is 10.8. The summed E-state index contributed by atoms with van der Waals surface area (Å²) in [5, 5.41) is 3.52. The van der Waals surface area contributed by atoms with Crippen molar-refractivity contribution in [3.8, 4) is 5.75 Å². The third-order valence-electron chi connectivity index (χ3n) is 3.07. The Labute approximate surface area is 99.0 Å². The molecule has 1 aromatic rings. The molecule has 0 aliphatic carbocycles. The van der Waals surface area contributed by atoms with Gasteiger partial charge in [0.05, 0.1) is 12.3 Å². The summed E-state index contributed by atoms with van der Waals surface area (Å²) in [5.41, 5.74) is 1.09. The number of benzene rings is 1. The molecule has 90 valence electrons. The first-order chi connectivity index (χ1) is 7.69. The lowest BCUT2D eigenvalue weighted by atomic mass is 10.0. The van der Waals surface area contributed by atoms with Gasteiger partial charge >= 0.3 is 0 Å². The van der Waals surface area contributed by atoms with Crippen LogP contribution in [-0.2, 0) is 0 Å². The first-order valence-corrected chi connectivity index (χ1v) is 6.17. The molecule has 1 aromatic carbocycles. The van der Waals surface area contributed by atoms with E-state index in [9.17, 15) is 0 Å². The number of anilines is 1. The molecule has 1 N–H and O–H groups in total. The monoisotopic (exact) mass is 221 g/mol. The van der Waals surface area contributed by atoms with Crippen LogP contribution >= 0.6 is 0 Å². The average Bonchev–Trinajstić information content (AvgIpc) is 2.31. The fourth-order valence-electron chi connectivity index (χ4n) is 1.61. The van der Waals surface area contributed by atoms with Gasteiger partial charge in [-0.15, -0.1) is 0 Å². The molecule has 0 aliphatic rings. The Bertz CT molecular complexity index is 311. The van der Waals surface area contributed by atoms with Crippen molar-refractivity contribution in [1.82, 2.24) is 0 Å². The fraction of sp³-hybridized carbons (Fsp3) is 0.571. The third-order valence-corrected chi connectivity index (χ3v) is 3.07. The van der Waals surface area contributed by atoms with Crippen molar-refractivity contribution in [3.05, 3.63) is 24.3 Å². The Morgan fingerprint density at radius 3 is 2.50 bits per heavy atom. The van der Waals surface area contributed by atoms with Gasteiger partial charge in [0.1, 0.15) is 5.75 Å². The molecular weight excluding hydrogens is 198 g/mol. The summed E-state index contributed by atoms with van der Waals surface area (Å²) in [4.78, 5) is 0. The van der Waals surface area contributed by atoms with Crippen LogP contribution in [0.1, 0.15) is 34.1 Å². The van der Waals surface area contributed by atoms with E-state index in [4.69, 9.17) is 4.74 Å². The molecule has 2 nitrogen and oxygen atoms in total. The predicted molar refractivity (Wildman–Crippen MR) is 70.2 cm³/mol. The standard InChI is InChI=1S/C14H23NO/c1-5-11(3)12(4)15-13-9-7-8-10-14(13)16-6-2/h7-12,15H,5-6H2,1-4H3. The SMILES string of the molecule is CCOc1ccccc1NC(C)C(C)CC. The highest BCUT2D eigenvalue weighted by Crippen LogP contribution is 2.25. The van der Waals surface area contributed by atoms with Gasteiger partial charge in [-0.3, -0.25) is 0 Å². The summed E-state index contributed by atoms with van der Waals surface area (Å²) in [6.45, 7) is 9.42. The first kappa shape index (κ1) is 12.9. The van der Waals surface area contributed by atoms with Crippen LogP contribution in [0.4, 0.5) is 5.69 Å². The second kappa shape index (κ2) is 6.41. The lowest BCUT2D eigenvalue weighted by molar-refractivity contribution is 0.341. The minimum Gasteiger partial charge on any atom is -0.492 e. The Morgan fingerprint density at radius 2 is 1.88 bits per heavy atom. The number of nitrogens with one attached hydrogen (secondary N) is 1. The van der Waals surface area contributed by atoms with E-state index in [2.05, 4.69) is 32.2 Å². The van der Waals surface area contributed by atoms with E-state index in [1.807, 2.05) is 25.1 Å². The van der Waals surface area contributed by atoms with Crippen molar-refractivity contribution in [2.24, 2.45) is 5.92 Å². The molecule has 0 radical (unpaired) electrons. The highest BCUT2D eigenvalue weighted by Gasteiger charge is 2.11. The zero-order chi connectivity index (χ0) is 12.0. The molecule has 0 aromatic heterocycles. The van der Waals surface area contributed by atoms with E-state index in [1.165, 1.54) is 6.42 Å². The molecule has 0 saturated heterocycles. The van der Waals surface area contributed by atoms with Crippen LogP contribution in [0.5, 0.6) is 5.75 Å². The van der Waals surface area contributed by atoms with Crippen molar-refractivity contribution in [1.29, 1.82) is 0 Å². The maximum Gasteiger partial charge on any atom is 0.142 e. The Hall–Kier alpha value is -1.18. The molecule has 16 heavy (non-hydrogen) atoms. The van der Waals surface area contributed by atoms with Gasteiger partial charge in [-0.25, -0.2) is 0 Å². The first-order valence-electron chi connectivity index (χ1n) is 6.17. The number of rotatable bonds is 6. The molecular formula is C14H23NO. The van der Waals surface area contributed by atoms with E-state index >= 15 is 0 Å². The second-order valence-electron chi connectivity index (χ2n) is 4.25. The van der Waals surface area contributed by atoms with Gasteiger partial charge in [-0.05, 0) is 31.9 Å². The van der Waals surface area contributed by atoms with Crippen molar-refractivity contribution in [2.45, 2.75) is 40.2 Å². The summed E-state index contributed by atoms with van der Waals surface area (Å²) in [7, 11) is 0. The van der Waals surface area contributed by atoms with Gasteiger partial charge < -0.3 is 10.1 Å². The summed E-state index contributed by atoms with van der Waals surface area (Å²) in [6.07, 6.45) is 1.19. The maximum absolute atomic E-state index is 5.59. The fourth-order valence-corrected chi connectivity index (χ4v) is 1.61. The van der Waals surface area contributed by atoms with Crippen LogP contribution in [0.3, 0.4) is 0 Å². The number of para-hydroxylation sites is 2. The summed E-state index contributed by atoms with van der Waals surface area (Å²) >= 11 is 0. The summed E-state index contributed by atoms with van der Waals surface area (Å²) < 4.78 is 5.59. The Morgan fingerprint density at radius 1 is 1.19 bits per heavy atom. The summed E-state index contributed by atoms with van der Waals surface area (Å²) in [5.74, 6) is 1.61. The van der Waals surface area contributed by atoms with E-state index < -0.39 is 0 Å². The molecule has 0 spiro atoms. The van der Waals surface area contributed by atoms with E-state index in [0.29, 0.717) is 18.6 Å². The van der Waals surface area contributed by atoms with E-state index in [-0.39, 0.29) is 0 Å². The number of hydrogen-bond acceptors (Lipinski definition) is 2. The minimum atomic E-state index is 0.464. The molecule has 2 heteroatoms. The van der Waals surface area contributed by atoms with Crippen LogP contribution in [-0.4, -0.2) is 12.6 Å². The van der Waals surface area contributed by atoms with Crippen molar-refractivity contribution in [3.63, 3.8) is 0 Å². The van der Waals surface area contributed by atoms with Crippen LogP contribution in [0.25, 0.3) is 0 Å². The molecule has 0 fully saturated rings. The Kier molecular flexibility index (Phi) is 5.17. The van der Waals surface area contributed by atoms with Gasteiger partial charge in [0.15, 0.2) is 0 Å². The maximum atomic E-state index is 5.59. The van der Waals surface area contributed by atoms with Crippen LogP contribution in [0, 0.1) is 5.92 Å². The highest BCUT2D eigenvalue weighted by atomic mass is 16.5. The lowest BCUT2D eigenvalue weighted by Gasteiger charge is -2.22. The van der Waals surface area contributed by atoms with Gasteiger partial charge in [0, 0.05) is 6.04 Å². The second-order valence-corrected chi connectivity index (χ2v) is 4.25. The predicted octanol–water partition coefficient (Wildman–Crippen LogP) is 3.93. The minimum absolute atomic E-state index is 0.464. The average molecular weight is 221 g/mol. The van der Waals surface area contributed by atoms with Gasteiger partial charge in [-0.1, -0.05) is 32.4 Å². The Balaban J connectivity index is 2.71. The zero-order valence-electron chi connectivity index (χ0n) is 10.8. The van der Waals surface area contributed by atoms with Gasteiger partial charge in [0.25, 0.3) is 0 Å². The molecule has 2 unspecified atom stereocenters. The van der Waals surface area contributed by atoms with E-state index in [1.54, 1.807) is 0 Å². The lowest BCUT2D eigenvalue weighted by Crippen LogP contribution is -2.23. The number of hydrogen-bond donors (Lipinski definition) is 1. The van der Waals surface area contributed by atoms with Gasteiger partial charge in [0.2, 0.25) is 0 Å². The van der Waals surface area contributed by atoms with Crippen molar-refractivity contribution >= 4 is 5.69 Å². The molecule has 0 saturated carbocycles. The van der Waals surface area contributed by atoms with Crippen molar-refractivity contribution in [2.75, 3.05) is 11.9 Å². The normalized spacial score (nSPS) is 14.2. The largest absolute Gasteiger partial charge is 0.492 e. The highest BCUT2D eigenvalue weighted by molar-refractivity contribution is 5.56. The van der Waals surface area contributed by atoms with Crippen LogP contribution in [0.2, 0.25) is 0 Å². The van der Waals surface area contributed by atoms with Crippen molar-refractivity contribution < 1.29 is 4.74 Å². The van der Waals surface area contributed by atoms with E-state index in [0.717, 1.165) is 11.4 Å². The molecule has 2 atom stereocenters.